The van der Waals surface area contributed by atoms with E-state index >= 15 is 0 Å². The molecule has 0 bridgehead atoms. The molecule has 0 unspecified atom stereocenters. The summed E-state index contributed by atoms with van der Waals surface area (Å²) >= 11 is 0. The first-order valence-corrected chi connectivity index (χ1v) is 7.82. The Kier molecular flexibility index (Phi) is 4.48. The summed E-state index contributed by atoms with van der Waals surface area (Å²) in [5.41, 5.74) is -1.06. The Labute approximate surface area is 158 Å². The van der Waals surface area contributed by atoms with Crippen molar-refractivity contribution in [2.75, 3.05) is 20.7 Å². The highest BCUT2D eigenvalue weighted by Crippen LogP contribution is 2.28. The molecule has 1 rings (SSSR count). The minimum absolute atomic E-state index is 0.0578. The van der Waals surface area contributed by atoms with Gasteiger partial charge in [-0.1, -0.05) is 38.5 Å². The van der Waals surface area contributed by atoms with Crippen molar-refractivity contribution in [3.8, 4) is 0 Å². The van der Waals surface area contributed by atoms with Gasteiger partial charge in [0.15, 0.2) is 0 Å². The summed E-state index contributed by atoms with van der Waals surface area (Å²) < 4.78 is 83.7. The smallest absolute Gasteiger partial charge is 0.228 e. The molecule has 1 aliphatic rings. The van der Waals surface area contributed by atoms with Crippen molar-refractivity contribution in [1.29, 1.82) is 0 Å². The second-order valence-corrected chi connectivity index (χ2v) is 5.33. The Morgan fingerprint density at radius 1 is 0.958 bits per heavy atom. The molecule has 0 amide bonds. The van der Waals surface area contributed by atoms with Gasteiger partial charge in [0.2, 0.25) is 23.1 Å². The van der Waals surface area contributed by atoms with Crippen molar-refractivity contribution in [3.05, 3.63) is 22.7 Å². The molecule has 0 aromatic rings. The molecule has 0 heterocycles. The SMILES string of the molecule is [2H]C([2H])(O)CC([2H])([2H])CCCCCCCC1=C(C([2H])([2H])[2H])C(=O)C(OC([2H])([2H])[2H])=C(OC)C1=O. The summed E-state index contributed by atoms with van der Waals surface area (Å²) in [4.78, 5) is 25.6. The van der Waals surface area contributed by atoms with Crippen LogP contribution in [0.3, 0.4) is 0 Å². The number of carbonyl (C=O) groups is 2. The maximum atomic E-state index is 12.8. The molecule has 136 valence electrons. The lowest BCUT2D eigenvalue weighted by Gasteiger charge is -2.20. The summed E-state index contributed by atoms with van der Waals surface area (Å²) in [5.74, 6) is -3.76. The topological polar surface area (TPSA) is 72.8 Å². The van der Waals surface area contributed by atoms with Gasteiger partial charge in [0.1, 0.15) is 0 Å². The average Bonchev–Trinajstić information content (AvgIpc) is 2.60. The van der Waals surface area contributed by atoms with Gasteiger partial charge in [-0.15, -0.1) is 0 Å². The number of carbonyl (C=O) groups excluding carboxylic acids is 2. The third-order valence-corrected chi connectivity index (χ3v) is 3.71. The lowest BCUT2D eigenvalue weighted by molar-refractivity contribution is -0.121. The van der Waals surface area contributed by atoms with Gasteiger partial charge in [-0.2, -0.15) is 0 Å². The van der Waals surface area contributed by atoms with Crippen LogP contribution in [0.15, 0.2) is 22.7 Å². The van der Waals surface area contributed by atoms with E-state index in [0.29, 0.717) is 32.1 Å². The minimum atomic E-state index is -3.10. The molecule has 0 spiro atoms. The van der Waals surface area contributed by atoms with E-state index in [1.54, 1.807) is 0 Å². The second-order valence-electron chi connectivity index (χ2n) is 5.33. The lowest BCUT2D eigenvalue weighted by Crippen LogP contribution is -2.25. The van der Waals surface area contributed by atoms with Crippen molar-refractivity contribution in [2.24, 2.45) is 0 Å². The molecule has 0 saturated heterocycles. The van der Waals surface area contributed by atoms with Crippen LogP contribution in [0.4, 0.5) is 0 Å². The molecule has 0 aromatic carbocycles. The second kappa shape index (κ2) is 11.0. The molecule has 0 aromatic heterocycles. The number of ether oxygens (including phenoxy) is 2. The first-order valence-electron chi connectivity index (χ1n) is 12.8. The minimum Gasteiger partial charge on any atom is -0.489 e. The zero-order chi connectivity index (χ0) is 26.5. The number of hydrogen-bond donors (Lipinski definition) is 1. The van der Waals surface area contributed by atoms with E-state index in [-0.39, 0.29) is 18.4 Å². The zero-order valence-corrected chi connectivity index (χ0v) is 13.7. The monoisotopic (exact) mass is 348 g/mol. The first kappa shape index (κ1) is 9.76. The van der Waals surface area contributed by atoms with E-state index in [4.69, 9.17) is 23.6 Å². The van der Waals surface area contributed by atoms with Crippen LogP contribution in [0.25, 0.3) is 0 Å². The molecule has 5 nitrogen and oxygen atoms in total. The summed E-state index contributed by atoms with van der Waals surface area (Å²) in [6, 6.07) is 0. The van der Waals surface area contributed by atoms with Crippen molar-refractivity contribution in [3.63, 3.8) is 0 Å². The van der Waals surface area contributed by atoms with Gasteiger partial charge in [-0.3, -0.25) is 9.59 Å². The summed E-state index contributed by atoms with van der Waals surface area (Å²) in [5, 5.41) is 9.13. The fourth-order valence-electron chi connectivity index (χ4n) is 2.45. The van der Waals surface area contributed by atoms with E-state index in [1.807, 2.05) is 0 Å². The van der Waals surface area contributed by atoms with Crippen LogP contribution in [0.2, 0.25) is 0 Å². The van der Waals surface area contributed by atoms with Crippen molar-refractivity contribution < 1.29 is 37.9 Å². The molecule has 0 radical (unpaired) electrons. The number of Topliss-reactive ketones (excluding diaryl/α,β-unsaturated/α-hetero) is 2. The van der Waals surface area contributed by atoms with Gasteiger partial charge in [0.25, 0.3) is 0 Å². The normalized spacial score (nSPS) is 23.8. The van der Waals surface area contributed by atoms with Crippen LogP contribution in [0, 0.1) is 0 Å². The van der Waals surface area contributed by atoms with Gasteiger partial charge < -0.3 is 14.6 Å². The van der Waals surface area contributed by atoms with Gasteiger partial charge in [0.05, 0.1) is 21.0 Å². The number of methoxy groups -OCH3 is 2. The van der Waals surface area contributed by atoms with Crippen LogP contribution >= 0.6 is 0 Å². The maximum absolute atomic E-state index is 12.8. The highest BCUT2D eigenvalue weighted by atomic mass is 16.5. The lowest BCUT2D eigenvalue weighted by atomic mass is 9.89. The third kappa shape index (κ3) is 5.48. The largest absolute Gasteiger partial charge is 0.489 e. The zero-order valence-electron chi connectivity index (χ0n) is 23.7. The molecule has 1 aliphatic carbocycles. The van der Waals surface area contributed by atoms with Crippen LogP contribution in [0.5, 0.6) is 0 Å². The Hall–Kier alpha value is -1.62. The third-order valence-electron chi connectivity index (χ3n) is 3.71. The summed E-state index contributed by atoms with van der Waals surface area (Å²) in [7, 11) is -2.05. The van der Waals surface area contributed by atoms with E-state index in [1.165, 1.54) is 0 Å². The molecule has 0 atom stereocenters. The summed E-state index contributed by atoms with van der Waals surface area (Å²) in [6.45, 7) is -5.57. The predicted molar refractivity (Wildman–Crippen MR) is 92.4 cm³/mol. The molecule has 5 heteroatoms. The fourth-order valence-corrected chi connectivity index (χ4v) is 2.45. The molecular weight excluding hydrogens is 308 g/mol. The van der Waals surface area contributed by atoms with Crippen LogP contribution < -0.4 is 0 Å². The van der Waals surface area contributed by atoms with Crippen LogP contribution in [0.1, 0.15) is 78.3 Å². The Balaban J connectivity index is 2.81. The highest BCUT2D eigenvalue weighted by molar-refractivity contribution is 6.23. The number of hydrogen-bond acceptors (Lipinski definition) is 5. The molecule has 0 saturated carbocycles. The van der Waals surface area contributed by atoms with Crippen molar-refractivity contribution in [2.45, 2.75) is 64.6 Å². The van der Waals surface area contributed by atoms with Crippen LogP contribution in [-0.2, 0) is 19.1 Å². The first-order chi connectivity index (χ1) is 15.3. The standard InChI is InChI=1S/C19H30O5/c1-14-15(12-10-8-6-4-5-7-9-11-13-20)17(22)19(24-3)18(23-2)16(14)21/h20H,4-13H2,1-3H3/i1D3,2D3,9D2,13D2. The molecule has 1 N–H and O–H groups in total. The Bertz CT molecular complexity index is 819. The van der Waals surface area contributed by atoms with E-state index in [2.05, 4.69) is 4.74 Å². The quantitative estimate of drug-likeness (QED) is 0.432. The highest BCUT2D eigenvalue weighted by Gasteiger charge is 2.34. The number of unbranched alkanes of at least 4 members (excludes halogenated alkanes) is 4. The Morgan fingerprint density at radius 3 is 2.25 bits per heavy atom. The van der Waals surface area contributed by atoms with E-state index in [9.17, 15) is 9.59 Å². The molecule has 0 fully saturated rings. The number of ketones is 2. The van der Waals surface area contributed by atoms with Crippen molar-refractivity contribution in [1.82, 2.24) is 0 Å². The van der Waals surface area contributed by atoms with Gasteiger partial charge in [-0.25, -0.2) is 0 Å². The predicted octanol–water partition coefficient (Wildman–Crippen LogP) is 3.46. The van der Waals surface area contributed by atoms with Gasteiger partial charge in [0, 0.05) is 24.6 Å². The van der Waals surface area contributed by atoms with Crippen molar-refractivity contribution >= 4 is 11.6 Å². The number of aliphatic hydroxyl groups is 1. The average molecular weight is 349 g/mol. The summed E-state index contributed by atoms with van der Waals surface area (Å²) in [6.07, 6.45) is 0.0263. The van der Waals surface area contributed by atoms with Gasteiger partial charge >= 0.3 is 0 Å². The number of rotatable bonds is 12. The molecule has 0 aliphatic heterocycles. The van der Waals surface area contributed by atoms with E-state index < -0.39 is 61.9 Å². The fraction of sp³-hybridized carbons (Fsp3) is 0.684. The number of allylic oxidation sites excluding steroid dienone is 2. The Morgan fingerprint density at radius 2 is 1.62 bits per heavy atom. The molecular formula is C19H30O5. The van der Waals surface area contributed by atoms with Crippen LogP contribution in [-0.4, -0.2) is 37.4 Å². The van der Waals surface area contributed by atoms with Gasteiger partial charge in [-0.05, 0) is 26.1 Å². The van der Waals surface area contributed by atoms with E-state index in [0.717, 1.165) is 7.11 Å². The molecule has 24 heavy (non-hydrogen) atoms. The maximum Gasteiger partial charge on any atom is 0.228 e.